The van der Waals surface area contributed by atoms with E-state index < -0.39 is 5.92 Å². The Kier molecular flexibility index (Phi) is 2.95. The van der Waals surface area contributed by atoms with Crippen LogP contribution < -0.4 is 0 Å². The molecule has 0 aromatic rings. The maximum atomic E-state index is 12.9. The molecule has 13 heavy (non-hydrogen) atoms. The van der Waals surface area contributed by atoms with E-state index >= 15 is 0 Å². The Balaban J connectivity index is 0.000000396. The minimum absolute atomic E-state index is 0.0104. The van der Waals surface area contributed by atoms with Gasteiger partial charge in [-0.2, -0.15) is 0 Å². The van der Waals surface area contributed by atoms with Gasteiger partial charge in [0.1, 0.15) is 0 Å². The average molecular weight is 191 g/mol. The normalized spacial score (nSPS) is 36.7. The van der Waals surface area contributed by atoms with Crippen LogP contribution in [0.3, 0.4) is 0 Å². The Morgan fingerprint density at radius 2 is 1.85 bits per heavy atom. The van der Waals surface area contributed by atoms with Crippen molar-refractivity contribution in [3.05, 3.63) is 0 Å². The molecule has 0 bridgehead atoms. The molecule has 1 nitrogen and oxygen atoms in total. The number of halogens is 2. The Morgan fingerprint density at radius 3 is 2.38 bits per heavy atom. The highest BCUT2D eigenvalue weighted by molar-refractivity contribution is 5.03. The second-order valence-corrected chi connectivity index (χ2v) is 4.05. The Morgan fingerprint density at radius 1 is 1.23 bits per heavy atom. The van der Waals surface area contributed by atoms with E-state index in [2.05, 4.69) is 0 Å². The lowest BCUT2D eigenvalue weighted by Gasteiger charge is -2.25. The summed E-state index contributed by atoms with van der Waals surface area (Å²) >= 11 is 0. The first-order valence-electron chi connectivity index (χ1n) is 5.15. The second kappa shape index (κ2) is 3.52. The number of hydrogen-bond acceptors (Lipinski definition) is 1. The van der Waals surface area contributed by atoms with Gasteiger partial charge in [0, 0.05) is 12.0 Å². The topological polar surface area (TPSA) is 3.24 Å². The molecule has 0 aromatic carbocycles. The fourth-order valence-electron chi connectivity index (χ4n) is 2.44. The maximum absolute atomic E-state index is 12.9. The Hall–Kier alpha value is -0.180. The summed E-state index contributed by atoms with van der Waals surface area (Å²) in [5.41, 5.74) is -0.177. The van der Waals surface area contributed by atoms with E-state index in [1.807, 2.05) is 25.7 Å². The van der Waals surface area contributed by atoms with E-state index in [4.69, 9.17) is 0 Å². The van der Waals surface area contributed by atoms with Crippen molar-refractivity contribution < 1.29 is 8.78 Å². The van der Waals surface area contributed by atoms with Crippen LogP contribution in [0.1, 0.15) is 40.0 Å². The summed E-state index contributed by atoms with van der Waals surface area (Å²) in [5, 5.41) is 0. The molecular formula is C10H19F2N. The van der Waals surface area contributed by atoms with Crippen LogP contribution in [0.2, 0.25) is 0 Å². The number of nitrogens with zero attached hydrogens (tertiary/aromatic N) is 1. The molecule has 2 saturated heterocycles. The van der Waals surface area contributed by atoms with Crippen molar-refractivity contribution in [3.8, 4) is 0 Å². The van der Waals surface area contributed by atoms with E-state index in [1.165, 1.54) is 0 Å². The third-order valence-electron chi connectivity index (χ3n) is 2.97. The zero-order valence-corrected chi connectivity index (χ0v) is 8.74. The third-order valence-corrected chi connectivity index (χ3v) is 2.97. The van der Waals surface area contributed by atoms with Gasteiger partial charge in [0.25, 0.3) is 5.92 Å². The second-order valence-electron chi connectivity index (χ2n) is 4.05. The van der Waals surface area contributed by atoms with Gasteiger partial charge in [0.05, 0.1) is 6.54 Å². The van der Waals surface area contributed by atoms with Crippen molar-refractivity contribution in [2.24, 2.45) is 0 Å². The summed E-state index contributed by atoms with van der Waals surface area (Å²) in [6.45, 7) is 6.82. The molecule has 1 unspecified atom stereocenters. The first-order valence-corrected chi connectivity index (χ1v) is 5.15. The van der Waals surface area contributed by atoms with Crippen LogP contribution in [0, 0.1) is 0 Å². The Labute approximate surface area is 79.1 Å². The summed E-state index contributed by atoms with van der Waals surface area (Å²) in [7, 11) is 0. The van der Waals surface area contributed by atoms with E-state index in [1.54, 1.807) is 0 Å². The lowest BCUT2D eigenvalue weighted by atomic mass is 9.96. The van der Waals surface area contributed by atoms with Gasteiger partial charge in [-0.15, -0.1) is 0 Å². The van der Waals surface area contributed by atoms with E-state index in [0.717, 1.165) is 19.4 Å². The molecule has 2 fully saturated rings. The standard InChI is InChI=1S/C8H13F2N.C2H6/c1-7-3-2-4-11(7)6-8(9,10)5-7;1-2/h2-6H2,1H3;1-2H3. The van der Waals surface area contributed by atoms with E-state index in [9.17, 15) is 8.78 Å². The molecule has 0 amide bonds. The summed E-state index contributed by atoms with van der Waals surface area (Å²) in [6.07, 6.45) is 2.11. The summed E-state index contributed by atoms with van der Waals surface area (Å²) < 4.78 is 25.7. The monoisotopic (exact) mass is 191 g/mol. The highest BCUT2D eigenvalue weighted by Crippen LogP contribution is 2.45. The van der Waals surface area contributed by atoms with Gasteiger partial charge in [-0.1, -0.05) is 13.8 Å². The zero-order valence-electron chi connectivity index (χ0n) is 8.74. The van der Waals surface area contributed by atoms with Crippen LogP contribution in [-0.4, -0.2) is 29.5 Å². The van der Waals surface area contributed by atoms with Crippen LogP contribution in [-0.2, 0) is 0 Å². The van der Waals surface area contributed by atoms with Gasteiger partial charge in [0.15, 0.2) is 0 Å². The fraction of sp³-hybridized carbons (Fsp3) is 1.00. The van der Waals surface area contributed by atoms with Crippen LogP contribution >= 0.6 is 0 Å². The van der Waals surface area contributed by atoms with Crippen LogP contribution in [0.15, 0.2) is 0 Å². The molecule has 2 aliphatic rings. The quantitative estimate of drug-likeness (QED) is 0.569. The van der Waals surface area contributed by atoms with Crippen LogP contribution in [0.4, 0.5) is 8.78 Å². The lowest BCUT2D eigenvalue weighted by Crippen LogP contribution is -2.34. The van der Waals surface area contributed by atoms with Gasteiger partial charge in [0.2, 0.25) is 0 Å². The molecule has 1 atom stereocenters. The fourth-order valence-corrected chi connectivity index (χ4v) is 2.44. The molecule has 2 heterocycles. The van der Waals surface area contributed by atoms with Crippen molar-refractivity contribution in [1.29, 1.82) is 0 Å². The van der Waals surface area contributed by atoms with Crippen molar-refractivity contribution in [2.75, 3.05) is 13.1 Å². The molecule has 0 aromatic heterocycles. The molecule has 0 aliphatic carbocycles. The van der Waals surface area contributed by atoms with Crippen molar-refractivity contribution in [2.45, 2.75) is 51.5 Å². The first kappa shape index (κ1) is 10.9. The minimum atomic E-state index is -2.42. The van der Waals surface area contributed by atoms with Gasteiger partial charge in [-0.3, -0.25) is 4.90 Å². The number of rotatable bonds is 0. The SMILES string of the molecule is CC.CC12CCCN1CC(F)(F)C2. The third kappa shape index (κ3) is 2.01. The van der Waals surface area contributed by atoms with Crippen LogP contribution in [0.5, 0.6) is 0 Å². The summed E-state index contributed by atoms with van der Waals surface area (Å²) in [5.74, 6) is -2.42. The highest BCUT2D eigenvalue weighted by atomic mass is 19.3. The summed E-state index contributed by atoms with van der Waals surface area (Å²) in [6, 6.07) is 0. The van der Waals surface area contributed by atoms with Gasteiger partial charge in [-0.05, 0) is 26.3 Å². The van der Waals surface area contributed by atoms with Gasteiger partial charge in [-0.25, -0.2) is 8.78 Å². The van der Waals surface area contributed by atoms with Crippen LogP contribution in [0.25, 0.3) is 0 Å². The molecule has 0 saturated carbocycles. The Bertz CT molecular complexity index is 182. The van der Waals surface area contributed by atoms with Crippen molar-refractivity contribution in [3.63, 3.8) is 0 Å². The van der Waals surface area contributed by atoms with Crippen molar-refractivity contribution in [1.82, 2.24) is 4.90 Å². The highest BCUT2D eigenvalue weighted by Gasteiger charge is 2.53. The lowest BCUT2D eigenvalue weighted by molar-refractivity contribution is 0.00988. The molecule has 2 aliphatic heterocycles. The first-order chi connectivity index (χ1) is 6.02. The maximum Gasteiger partial charge on any atom is 0.262 e. The molecule has 2 rings (SSSR count). The smallest absolute Gasteiger partial charge is 0.262 e. The predicted molar refractivity (Wildman–Crippen MR) is 50.1 cm³/mol. The molecule has 0 radical (unpaired) electrons. The largest absolute Gasteiger partial charge is 0.292 e. The molecule has 0 N–H and O–H groups in total. The zero-order chi connectivity index (χ0) is 10.1. The number of hydrogen-bond donors (Lipinski definition) is 0. The van der Waals surface area contributed by atoms with Crippen molar-refractivity contribution >= 4 is 0 Å². The number of alkyl halides is 2. The van der Waals surface area contributed by atoms with Gasteiger partial charge >= 0.3 is 0 Å². The van der Waals surface area contributed by atoms with E-state index in [0.29, 0.717) is 0 Å². The van der Waals surface area contributed by atoms with Gasteiger partial charge < -0.3 is 0 Å². The predicted octanol–water partition coefficient (Wildman–Crippen LogP) is 2.91. The molecule has 3 heteroatoms. The molecular weight excluding hydrogens is 172 g/mol. The average Bonchev–Trinajstić information content (AvgIpc) is 2.43. The van der Waals surface area contributed by atoms with E-state index in [-0.39, 0.29) is 18.5 Å². The summed E-state index contributed by atoms with van der Waals surface area (Å²) in [4.78, 5) is 1.94. The number of fused-ring (bicyclic) bond motifs is 1. The molecule has 0 spiro atoms. The molecule has 78 valence electrons. The minimum Gasteiger partial charge on any atom is -0.292 e.